The molecule has 2 amide bonds. The number of hydrogen-bond donors (Lipinski definition) is 2. The quantitative estimate of drug-likeness (QED) is 0.693. The fraction of sp³-hybridized carbons (Fsp3) is 0.692. The number of nitrogens with zero attached hydrogens (tertiary/aromatic N) is 1. The highest BCUT2D eigenvalue weighted by atomic mass is 16.2. The second kappa shape index (κ2) is 6.00. The summed E-state index contributed by atoms with van der Waals surface area (Å²) in [6.45, 7) is 5.65. The van der Waals surface area contributed by atoms with Gasteiger partial charge in [0.05, 0.1) is 0 Å². The van der Waals surface area contributed by atoms with Crippen molar-refractivity contribution in [2.75, 3.05) is 32.7 Å². The minimum absolute atomic E-state index is 0.0410. The van der Waals surface area contributed by atoms with Gasteiger partial charge in [-0.05, 0) is 25.3 Å². The number of amides is 2. The molecule has 2 rings (SSSR count). The van der Waals surface area contributed by atoms with Crippen LogP contribution in [-0.2, 0) is 9.59 Å². The van der Waals surface area contributed by atoms with Crippen LogP contribution in [0.4, 0.5) is 0 Å². The van der Waals surface area contributed by atoms with Gasteiger partial charge < -0.3 is 15.5 Å². The van der Waals surface area contributed by atoms with E-state index < -0.39 is 0 Å². The molecule has 18 heavy (non-hydrogen) atoms. The third-order valence-corrected chi connectivity index (χ3v) is 3.63. The van der Waals surface area contributed by atoms with Crippen LogP contribution in [0.25, 0.3) is 0 Å². The van der Waals surface area contributed by atoms with Crippen molar-refractivity contribution >= 4 is 11.8 Å². The molecule has 5 nitrogen and oxygen atoms in total. The van der Waals surface area contributed by atoms with E-state index in [4.69, 9.17) is 0 Å². The zero-order valence-electron chi connectivity index (χ0n) is 10.9. The molecule has 100 valence electrons. The van der Waals surface area contributed by atoms with Crippen LogP contribution in [0.3, 0.4) is 0 Å². The molecule has 0 bridgehead atoms. The molecule has 2 aliphatic rings. The minimum atomic E-state index is -0.0410. The molecule has 0 aromatic carbocycles. The maximum atomic E-state index is 11.8. The molecular weight excluding hydrogens is 230 g/mol. The summed E-state index contributed by atoms with van der Waals surface area (Å²) in [5.74, 6) is 0.115. The Morgan fingerprint density at radius 3 is 2.50 bits per heavy atom. The van der Waals surface area contributed by atoms with Crippen LogP contribution in [0.5, 0.6) is 0 Å². The Morgan fingerprint density at radius 1 is 1.28 bits per heavy atom. The first-order valence-electron chi connectivity index (χ1n) is 6.64. The number of hydrogen-bond acceptors (Lipinski definition) is 3. The first kappa shape index (κ1) is 13.1. The molecule has 2 heterocycles. The highest BCUT2D eigenvalue weighted by Gasteiger charge is 2.18. The second-order valence-electron chi connectivity index (χ2n) is 4.93. The van der Waals surface area contributed by atoms with Crippen molar-refractivity contribution in [3.63, 3.8) is 0 Å². The number of nitrogens with one attached hydrogen (secondary N) is 2. The predicted molar refractivity (Wildman–Crippen MR) is 69.0 cm³/mol. The van der Waals surface area contributed by atoms with Crippen molar-refractivity contribution in [1.82, 2.24) is 15.5 Å². The van der Waals surface area contributed by atoms with Gasteiger partial charge in [0.2, 0.25) is 11.8 Å². The van der Waals surface area contributed by atoms with E-state index in [2.05, 4.69) is 10.6 Å². The summed E-state index contributed by atoms with van der Waals surface area (Å²) < 4.78 is 0. The van der Waals surface area contributed by atoms with Crippen LogP contribution in [0.15, 0.2) is 11.1 Å². The standard InChI is InChI=1S/C13H21N3O2/c1-10(11-8-14-9-11)13(18)15-5-4-12(17)16-6-2-3-7-16/h14H,2-9H2,1H3,(H,15,18). The average Bonchev–Trinajstić information content (AvgIpc) is 2.79. The molecule has 0 aromatic rings. The Kier molecular flexibility index (Phi) is 4.36. The maximum absolute atomic E-state index is 11.8. The summed E-state index contributed by atoms with van der Waals surface area (Å²) in [4.78, 5) is 25.4. The predicted octanol–water partition coefficient (Wildman–Crippen LogP) is 0.0348. The van der Waals surface area contributed by atoms with Gasteiger partial charge in [-0.1, -0.05) is 0 Å². The van der Waals surface area contributed by atoms with Gasteiger partial charge in [0.1, 0.15) is 0 Å². The van der Waals surface area contributed by atoms with Gasteiger partial charge in [-0.2, -0.15) is 0 Å². The minimum Gasteiger partial charge on any atom is -0.352 e. The zero-order valence-corrected chi connectivity index (χ0v) is 10.9. The Labute approximate surface area is 108 Å². The smallest absolute Gasteiger partial charge is 0.246 e. The lowest BCUT2D eigenvalue weighted by atomic mass is 10.0. The highest BCUT2D eigenvalue weighted by Crippen LogP contribution is 2.10. The van der Waals surface area contributed by atoms with Crippen molar-refractivity contribution in [2.45, 2.75) is 26.2 Å². The van der Waals surface area contributed by atoms with Crippen LogP contribution < -0.4 is 10.6 Å². The fourth-order valence-electron chi connectivity index (χ4n) is 2.22. The van der Waals surface area contributed by atoms with Gasteiger partial charge in [-0.25, -0.2) is 0 Å². The van der Waals surface area contributed by atoms with Gasteiger partial charge in [0, 0.05) is 44.7 Å². The van der Waals surface area contributed by atoms with Crippen molar-refractivity contribution in [3.8, 4) is 0 Å². The van der Waals surface area contributed by atoms with Crippen LogP contribution >= 0.6 is 0 Å². The van der Waals surface area contributed by atoms with Crippen LogP contribution in [0.2, 0.25) is 0 Å². The van der Waals surface area contributed by atoms with Gasteiger partial charge in [0.15, 0.2) is 0 Å². The van der Waals surface area contributed by atoms with Crippen molar-refractivity contribution < 1.29 is 9.59 Å². The lowest BCUT2D eigenvalue weighted by molar-refractivity contribution is -0.130. The Hall–Kier alpha value is -1.36. The topological polar surface area (TPSA) is 61.4 Å². The molecule has 2 aliphatic heterocycles. The van der Waals surface area contributed by atoms with E-state index >= 15 is 0 Å². The van der Waals surface area contributed by atoms with E-state index in [1.807, 2.05) is 11.8 Å². The lowest BCUT2D eigenvalue weighted by Gasteiger charge is -2.21. The number of likely N-dealkylation sites (tertiary alicyclic amines) is 1. The average molecular weight is 251 g/mol. The number of carbonyl (C=O) groups excluding carboxylic acids is 2. The van der Waals surface area contributed by atoms with Crippen LogP contribution in [0.1, 0.15) is 26.2 Å². The normalized spacial score (nSPS) is 18.5. The van der Waals surface area contributed by atoms with Crippen molar-refractivity contribution in [1.29, 1.82) is 0 Å². The highest BCUT2D eigenvalue weighted by molar-refractivity contribution is 5.94. The molecule has 2 N–H and O–H groups in total. The van der Waals surface area contributed by atoms with Gasteiger partial charge in [0.25, 0.3) is 0 Å². The van der Waals surface area contributed by atoms with Crippen molar-refractivity contribution in [3.05, 3.63) is 11.1 Å². The Bertz CT molecular complexity index is 364. The molecule has 2 saturated heterocycles. The van der Waals surface area contributed by atoms with E-state index in [0.717, 1.165) is 44.6 Å². The fourth-order valence-corrected chi connectivity index (χ4v) is 2.22. The Morgan fingerprint density at radius 2 is 1.94 bits per heavy atom. The molecule has 0 radical (unpaired) electrons. The summed E-state index contributed by atoms with van der Waals surface area (Å²) in [6.07, 6.45) is 2.62. The SMILES string of the molecule is CC(C(=O)NCCC(=O)N1CCCC1)=C1CNC1. The molecule has 5 heteroatoms. The number of rotatable bonds is 4. The third-order valence-electron chi connectivity index (χ3n) is 3.63. The van der Waals surface area contributed by atoms with Crippen LogP contribution in [-0.4, -0.2) is 49.4 Å². The molecule has 0 aromatic heterocycles. The monoisotopic (exact) mass is 251 g/mol. The Balaban J connectivity index is 1.68. The maximum Gasteiger partial charge on any atom is 0.246 e. The number of carbonyl (C=O) groups is 2. The van der Waals surface area contributed by atoms with E-state index in [1.54, 1.807) is 0 Å². The summed E-state index contributed by atoms with van der Waals surface area (Å²) in [6, 6.07) is 0. The van der Waals surface area contributed by atoms with E-state index in [1.165, 1.54) is 5.57 Å². The zero-order chi connectivity index (χ0) is 13.0. The van der Waals surface area contributed by atoms with E-state index in [-0.39, 0.29) is 11.8 Å². The molecule has 0 unspecified atom stereocenters. The first-order valence-corrected chi connectivity index (χ1v) is 6.64. The largest absolute Gasteiger partial charge is 0.352 e. The van der Waals surface area contributed by atoms with Crippen molar-refractivity contribution in [2.24, 2.45) is 0 Å². The summed E-state index contributed by atoms with van der Waals surface area (Å²) in [7, 11) is 0. The molecule has 0 atom stereocenters. The molecule has 2 fully saturated rings. The van der Waals surface area contributed by atoms with E-state index in [0.29, 0.717) is 13.0 Å². The first-order chi connectivity index (χ1) is 8.68. The molecule has 0 saturated carbocycles. The molecule has 0 aliphatic carbocycles. The van der Waals surface area contributed by atoms with E-state index in [9.17, 15) is 9.59 Å². The molecule has 0 spiro atoms. The van der Waals surface area contributed by atoms with Gasteiger partial charge in [-0.3, -0.25) is 9.59 Å². The van der Waals surface area contributed by atoms with Gasteiger partial charge >= 0.3 is 0 Å². The summed E-state index contributed by atoms with van der Waals surface area (Å²) >= 11 is 0. The molecular formula is C13H21N3O2. The second-order valence-corrected chi connectivity index (χ2v) is 4.93. The lowest BCUT2D eigenvalue weighted by Crippen LogP contribution is -2.38. The van der Waals surface area contributed by atoms with Crippen LogP contribution in [0, 0.1) is 0 Å². The summed E-state index contributed by atoms with van der Waals surface area (Å²) in [5.41, 5.74) is 1.96. The third kappa shape index (κ3) is 3.10. The van der Waals surface area contributed by atoms with Gasteiger partial charge in [-0.15, -0.1) is 0 Å². The summed E-state index contributed by atoms with van der Waals surface area (Å²) in [5, 5.41) is 5.92.